The second-order valence-electron chi connectivity index (χ2n) is 12.9. The molecule has 0 spiro atoms. The molecule has 2 saturated carbocycles. The van der Waals surface area contributed by atoms with E-state index in [0.29, 0.717) is 32.3 Å². The van der Waals surface area contributed by atoms with Crippen LogP contribution >= 0.6 is 0 Å². The Bertz CT molecular complexity index is 789. The van der Waals surface area contributed by atoms with Crippen LogP contribution in [0.25, 0.3) is 0 Å². The van der Waals surface area contributed by atoms with Gasteiger partial charge in [0.2, 0.25) is 0 Å². The molecule has 1 heterocycles. The van der Waals surface area contributed by atoms with E-state index >= 15 is 0 Å². The molecule has 1 saturated heterocycles. The highest BCUT2D eigenvalue weighted by Crippen LogP contribution is 2.66. The number of ketones is 1. The zero-order valence-electron chi connectivity index (χ0n) is 22.7. The van der Waals surface area contributed by atoms with Crippen molar-refractivity contribution >= 4 is 20.1 Å². The van der Waals surface area contributed by atoms with Crippen LogP contribution in [-0.2, 0) is 28.2 Å². The van der Waals surface area contributed by atoms with E-state index in [0.717, 1.165) is 0 Å². The highest BCUT2D eigenvalue weighted by atomic mass is 28.4. The SMILES string of the molecule is COCOCCC[C@@]12C(=O)OC(C)(C)[C@@H]1CC(=O)[C@@]1(C)[C@@H](O)CC[C@H](O[Si](C)(C)C(C)(C)C)[C@@H]12. The Morgan fingerprint density at radius 3 is 2.38 bits per heavy atom. The summed E-state index contributed by atoms with van der Waals surface area (Å²) in [7, 11) is -0.636. The molecule has 34 heavy (non-hydrogen) atoms. The van der Waals surface area contributed by atoms with Crippen LogP contribution in [0.1, 0.15) is 73.6 Å². The first-order chi connectivity index (χ1) is 15.6. The van der Waals surface area contributed by atoms with Gasteiger partial charge in [0.05, 0.1) is 23.0 Å². The molecule has 1 N–H and O–H groups in total. The first-order valence-electron chi connectivity index (χ1n) is 12.7. The average Bonchev–Trinajstić information content (AvgIpc) is 2.89. The van der Waals surface area contributed by atoms with Crippen molar-refractivity contribution in [3.05, 3.63) is 0 Å². The normalized spacial score (nSPS) is 37.8. The van der Waals surface area contributed by atoms with Crippen molar-refractivity contribution in [1.82, 2.24) is 0 Å². The van der Waals surface area contributed by atoms with E-state index in [2.05, 4.69) is 33.9 Å². The molecule has 0 unspecified atom stereocenters. The summed E-state index contributed by atoms with van der Waals surface area (Å²) in [5.74, 6) is -0.941. The lowest BCUT2D eigenvalue weighted by Gasteiger charge is -2.60. The van der Waals surface area contributed by atoms with E-state index in [9.17, 15) is 14.7 Å². The van der Waals surface area contributed by atoms with Crippen LogP contribution < -0.4 is 0 Å². The molecule has 0 amide bonds. The molecule has 3 fully saturated rings. The Morgan fingerprint density at radius 1 is 1.15 bits per heavy atom. The summed E-state index contributed by atoms with van der Waals surface area (Å²) in [6, 6.07) is 0. The highest BCUT2D eigenvalue weighted by Gasteiger charge is 2.75. The summed E-state index contributed by atoms with van der Waals surface area (Å²) in [4.78, 5) is 27.6. The number of rotatable bonds is 8. The molecule has 0 aromatic carbocycles. The van der Waals surface area contributed by atoms with Crippen LogP contribution in [0.15, 0.2) is 0 Å². The number of fused-ring (bicyclic) bond motifs is 3. The molecule has 196 valence electrons. The Hall–Kier alpha value is -0.803. The largest absolute Gasteiger partial charge is 0.459 e. The summed E-state index contributed by atoms with van der Waals surface area (Å²) in [5, 5.41) is 11.2. The maximum absolute atomic E-state index is 13.9. The van der Waals surface area contributed by atoms with Crippen LogP contribution in [0.4, 0.5) is 0 Å². The van der Waals surface area contributed by atoms with Crippen molar-refractivity contribution in [2.45, 2.75) is 110 Å². The number of hydrogen-bond acceptors (Lipinski definition) is 7. The van der Waals surface area contributed by atoms with Crippen molar-refractivity contribution in [3.8, 4) is 0 Å². The molecule has 0 radical (unpaired) electrons. The van der Waals surface area contributed by atoms with Gasteiger partial charge in [-0.2, -0.15) is 0 Å². The minimum atomic E-state index is -2.22. The number of methoxy groups -OCH3 is 1. The van der Waals surface area contributed by atoms with Crippen LogP contribution in [-0.4, -0.2) is 63.5 Å². The van der Waals surface area contributed by atoms with Crippen molar-refractivity contribution < 1.29 is 33.3 Å². The quantitative estimate of drug-likeness (QED) is 0.229. The summed E-state index contributed by atoms with van der Waals surface area (Å²) in [6.45, 7) is 17.3. The first-order valence-corrected chi connectivity index (χ1v) is 15.7. The maximum Gasteiger partial charge on any atom is 0.313 e. The lowest BCUT2D eigenvalue weighted by molar-refractivity contribution is -0.195. The third kappa shape index (κ3) is 4.31. The van der Waals surface area contributed by atoms with Crippen molar-refractivity contribution in [3.63, 3.8) is 0 Å². The third-order valence-corrected chi connectivity index (χ3v) is 14.0. The van der Waals surface area contributed by atoms with E-state index in [-0.39, 0.29) is 42.0 Å². The molecule has 2 aliphatic carbocycles. The van der Waals surface area contributed by atoms with E-state index in [1.807, 2.05) is 20.8 Å². The molecule has 3 rings (SSSR count). The molecule has 1 aliphatic heterocycles. The molecule has 7 nitrogen and oxygen atoms in total. The molecule has 6 atom stereocenters. The van der Waals surface area contributed by atoms with E-state index in [1.165, 1.54) is 0 Å². The Kier molecular flexibility index (Phi) is 7.56. The zero-order valence-corrected chi connectivity index (χ0v) is 23.7. The minimum absolute atomic E-state index is 0.0197. The summed E-state index contributed by atoms with van der Waals surface area (Å²) >= 11 is 0. The van der Waals surface area contributed by atoms with Gasteiger partial charge in [0.1, 0.15) is 18.2 Å². The zero-order chi connectivity index (χ0) is 25.7. The maximum atomic E-state index is 13.9. The number of Topliss-reactive ketones (excluding diaryl/α,β-unsaturated/α-hetero) is 1. The van der Waals surface area contributed by atoms with E-state index < -0.39 is 36.8 Å². The van der Waals surface area contributed by atoms with Crippen LogP contribution in [0.3, 0.4) is 0 Å². The number of carbonyl (C=O) groups is 2. The van der Waals surface area contributed by atoms with Gasteiger partial charge in [-0.3, -0.25) is 9.59 Å². The number of esters is 1. The number of aliphatic hydroxyl groups is 1. The molecule has 0 aromatic heterocycles. The van der Waals surface area contributed by atoms with Gasteiger partial charge in [-0.05, 0) is 64.6 Å². The average molecular weight is 499 g/mol. The van der Waals surface area contributed by atoms with Crippen LogP contribution in [0.5, 0.6) is 0 Å². The second-order valence-corrected chi connectivity index (χ2v) is 17.7. The van der Waals surface area contributed by atoms with Crippen LogP contribution in [0.2, 0.25) is 18.1 Å². The summed E-state index contributed by atoms with van der Waals surface area (Å²) < 4.78 is 23.6. The standard InChI is InChI=1S/C26H46O7Si/c1-23(2,3)34(8,9)33-17-11-12-19(27)25(6)20(28)15-18-24(4,5)32-22(29)26(18,21(17)25)13-10-14-31-16-30-7/h17-19,21,27H,10-16H2,1-9H3/t17-,18-,19-,21-,25+,26+/m0/s1. The number of cyclic esters (lactones) is 1. The van der Waals surface area contributed by atoms with Gasteiger partial charge in [-0.1, -0.05) is 20.8 Å². The fourth-order valence-corrected chi connectivity index (χ4v) is 8.04. The lowest BCUT2D eigenvalue weighted by Crippen LogP contribution is -2.68. The molecular formula is C26H46O7Si. The Morgan fingerprint density at radius 2 is 1.79 bits per heavy atom. The van der Waals surface area contributed by atoms with E-state index in [1.54, 1.807) is 7.11 Å². The van der Waals surface area contributed by atoms with Gasteiger partial charge in [0.25, 0.3) is 0 Å². The van der Waals surface area contributed by atoms with Gasteiger partial charge in [0, 0.05) is 32.0 Å². The Labute approximate surface area is 206 Å². The van der Waals surface area contributed by atoms with Gasteiger partial charge in [-0.25, -0.2) is 0 Å². The van der Waals surface area contributed by atoms with E-state index in [4.69, 9.17) is 18.6 Å². The van der Waals surface area contributed by atoms with Gasteiger partial charge in [-0.15, -0.1) is 0 Å². The number of carbonyl (C=O) groups excluding carboxylic acids is 2. The fourth-order valence-electron chi connectivity index (χ4n) is 6.68. The number of aliphatic hydroxyl groups excluding tert-OH is 1. The molecule has 0 bridgehead atoms. The molecular weight excluding hydrogens is 452 g/mol. The molecule has 3 aliphatic rings. The Balaban J connectivity index is 2.11. The molecule has 0 aromatic rings. The third-order valence-electron chi connectivity index (χ3n) is 9.51. The number of hydrogen-bond donors (Lipinski definition) is 1. The van der Waals surface area contributed by atoms with Gasteiger partial charge in [0.15, 0.2) is 8.32 Å². The predicted molar refractivity (Wildman–Crippen MR) is 132 cm³/mol. The predicted octanol–water partition coefficient (Wildman–Crippen LogP) is 4.47. The first kappa shape index (κ1) is 27.8. The van der Waals surface area contributed by atoms with Gasteiger partial charge < -0.3 is 23.7 Å². The minimum Gasteiger partial charge on any atom is -0.459 e. The van der Waals surface area contributed by atoms with Crippen molar-refractivity contribution in [2.24, 2.45) is 22.7 Å². The summed E-state index contributed by atoms with van der Waals surface area (Å²) in [5.41, 5.74) is -2.71. The summed E-state index contributed by atoms with van der Waals surface area (Å²) in [6.07, 6.45) is 1.42. The highest BCUT2D eigenvalue weighted by molar-refractivity contribution is 6.74. The fraction of sp³-hybridized carbons (Fsp3) is 0.923. The van der Waals surface area contributed by atoms with Crippen molar-refractivity contribution in [2.75, 3.05) is 20.5 Å². The smallest absolute Gasteiger partial charge is 0.313 e. The van der Waals surface area contributed by atoms with Crippen LogP contribution in [0, 0.1) is 22.7 Å². The lowest BCUT2D eigenvalue weighted by atomic mass is 9.43. The second kappa shape index (κ2) is 9.25. The molecule has 8 heteroatoms. The van der Waals surface area contributed by atoms with Crippen molar-refractivity contribution in [1.29, 1.82) is 0 Å². The van der Waals surface area contributed by atoms with Gasteiger partial charge >= 0.3 is 5.97 Å². The number of ether oxygens (including phenoxy) is 3. The topological polar surface area (TPSA) is 91.3 Å². The monoisotopic (exact) mass is 498 g/mol.